The van der Waals surface area contributed by atoms with Crippen LogP contribution in [0.15, 0.2) is 24.3 Å². The zero-order valence-electron chi connectivity index (χ0n) is 18.4. The van der Waals surface area contributed by atoms with E-state index in [1.54, 1.807) is 4.90 Å². The van der Waals surface area contributed by atoms with E-state index in [4.69, 9.17) is 0 Å². The van der Waals surface area contributed by atoms with Crippen LogP contribution in [0, 0.1) is 11.8 Å². The molecule has 6 heteroatoms. The molecule has 0 radical (unpaired) electrons. The van der Waals surface area contributed by atoms with Crippen LogP contribution < -0.4 is 10.2 Å². The number of likely N-dealkylation sites (tertiary alicyclic amines) is 1. The highest BCUT2D eigenvalue weighted by Crippen LogP contribution is 2.28. The number of nitrogens with one attached hydrogen (secondary N) is 1. The van der Waals surface area contributed by atoms with Gasteiger partial charge in [-0.3, -0.25) is 14.4 Å². The summed E-state index contributed by atoms with van der Waals surface area (Å²) in [6.45, 7) is 6.63. The third kappa shape index (κ3) is 5.41. The number of unbranched alkanes of at least 4 members (excludes halogenated alkanes) is 2. The van der Waals surface area contributed by atoms with E-state index in [0.717, 1.165) is 37.9 Å². The molecule has 2 saturated heterocycles. The second-order valence-electron chi connectivity index (χ2n) is 8.52. The van der Waals surface area contributed by atoms with E-state index in [2.05, 4.69) is 19.2 Å². The van der Waals surface area contributed by atoms with Gasteiger partial charge in [-0.05, 0) is 43.4 Å². The Morgan fingerprint density at radius 2 is 1.73 bits per heavy atom. The standard InChI is InChI=1S/C24H35N3O3/c1-3-5-6-13-25-23(29)19-11-14-26(15-12-19)24(30)20-16-22(28)27(17-20)21-9-7-18(4-2)8-10-21/h7-10,19-20H,3-6,11-17H2,1-2H3,(H,25,29). The van der Waals surface area contributed by atoms with Gasteiger partial charge in [0, 0.05) is 44.2 Å². The van der Waals surface area contributed by atoms with Crippen LogP contribution in [0.3, 0.4) is 0 Å². The Morgan fingerprint density at radius 1 is 1.03 bits per heavy atom. The van der Waals surface area contributed by atoms with Gasteiger partial charge in [-0.25, -0.2) is 0 Å². The summed E-state index contributed by atoms with van der Waals surface area (Å²) in [6, 6.07) is 8.01. The lowest BCUT2D eigenvalue weighted by atomic mass is 9.94. The van der Waals surface area contributed by atoms with Gasteiger partial charge in [-0.15, -0.1) is 0 Å². The van der Waals surface area contributed by atoms with Crippen LogP contribution in [-0.2, 0) is 20.8 Å². The van der Waals surface area contributed by atoms with Gasteiger partial charge in [0.25, 0.3) is 0 Å². The first kappa shape index (κ1) is 22.3. The highest BCUT2D eigenvalue weighted by molar-refractivity contribution is 6.00. The molecule has 164 valence electrons. The van der Waals surface area contributed by atoms with Crippen LogP contribution in [-0.4, -0.2) is 48.8 Å². The lowest BCUT2D eigenvalue weighted by molar-refractivity contribution is -0.139. The summed E-state index contributed by atoms with van der Waals surface area (Å²) < 4.78 is 0. The summed E-state index contributed by atoms with van der Waals surface area (Å²) >= 11 is 0. The van der Waals surface area contributed by atoms with E-state index in [1.165, 1.54) is 5.56 Å². The number of rotatable bonds is 8. The van der Waals surface area contributed by atoms with Gasteiger partial charge in [0.2, 0.25) is 17.7 Å². The number of amides is 3. The molecule has 2 aliphatic heterocycles. The Labute approximate surface area is 180 Å². The van der Waals surface area contributed by atoms with E-state index in [0.29, 0.717) is 32.5 Å². The number of benzene rings is 1. The van der Waals surface area contributed by atoms with Crippen LogP contribution in [0.4, 0.5) is 5.69 Å². The normalized spacial score (nSPS) is 19.9. The Kier molecular flexibility index (Phi) is 7.88. The molecular weight excluding hydrogens is 378 g/mol. The molecule has 0 saturated carbocycles. The van der Waals surface area contributed by atoms with Gasteiger partial charge in [0.05, 0.1) is 5.92 Å². The summed E-state index contributed by atoms with van der Waals surface area (Å²) in [7, 11) is 0. The van der Waals surface area contributed by atoms with Gasteiger partial charge < -0.3 is 15.1 Å². The number of carbonyl (C=O) groups excluding carboxylic acids is 3. The smallest absolute Gasteiger partial charge is 0.228 e. The van der Waals surface area contributed by atoms with Crippen molar-refractivity contribution in [1.82, 2.24) is 10.2 Å². The maximum Gasteiger partial charge on any atom is 0.228 e. The lowest BCUT2D eigenvalue weighted by Crippen LogP contribution is -2.45. The number of carbonyl (C=O) groups is 3. The third-order valence-corrected chi connectivity index (χ3v) is 6.39. The van der Waals surface area contributed by atoms with E-state index >= 15 is 0 Å². The first-order chi connectivity index (χ1) is 14.5. The zero-order chi connectivity index (χ0) is 21.5. The van der Waals surface area contributed by atoms with Crippen LogP contribution in [0.25, 0.3) is 0 Å². The van der Waals surface area contributed by atoms with Gasteiger partial charge in [-0.1, -0.05) is 38.8 Å². The highest BCUT2D eigenvalue weighted by Gasteiger charge is 2.38. The van der Waals surface area contributed by atoms with Crippen molar-refractivity contribution in [2.75, 3.05) is 31.1 Å². The van der Waals surface area contributed by atoms with Crippen molar-refractivity contribution in [3.63, 3.8) is 0 Å². The van der Waals surface area contributed by atoms with Crippen LogP contribution >= 0.6 is 0 Å². The van der Waals surface area contributed by atoms with Crippen molar-refractivity contribution in [3.05, 3.63) is 29.8 Å². The predicted octanol–water partition coefficient (Wildman–Crippen LogP) is 3.15. The fourth-order valence-corrected chi connectivity index (χ4v) is 4.39. The molecule has 0 aromatic heterocycles. The molecule has 30 heavy (non-hydrogen) atoms. The molecule has 3 rings (SSSR count). The molecule has 3 amide bonds. The molecule has 6 nitrogen and oxygen atoms in total. The third-order valence-electron chi connectivity index (χ3n) is 6.39. The monoisotopic (exact) mass is 413 g/mol. The fourth-order valence-electron chi connectivity index (χ4n) is 4.39. The maximum absolute atomic E-state index is 13.0. The van der Waals surface area contributed by atoms with Crippen molar-refractivity contribution >= 4 is 23.4 Å². The Hall–Kier alpha value is -2.37. The topological polar surface area (TPSA) is 69.7 Å². The van der Waals surface area contributed by atoms with Crippen molar-refractivity contribution in [2.45, 2.75) is 58.8 Å². The number of anilines is 1. The van der Waals surface area contributed by atoms with E-state index in [1.807, 2.05) is 29.2 Å². The molecule has 1 aromatic rings. The quantitative estimate of drug-likeness (QED) is 0.666. The van der Waals surface area contributed by atoms with Crippen LogP contribution in [0.2, 0.25) is 0 Å². The van der Waals surface area contributed by atoms with Crippen LogP contribution in [0.5, 0.6) is 0 Å². The van der Waals surface area contributed by atoms with Crippen molar-refractivity contribution in [1.29, 1.82) is 0 Å². The molecular formula is C24H35N3O3. The molecule has 1 atom stereocenters. The van der Waals surface area contributed by atoms with Crippen molar-refractivity contribution < 1.29 is 14.4 Å². The summed E-state index contributed by atoms with van der Waals surface area (Å²) in [5, 5.41) is 3.03. The molecule has 1 unspecified atom stereocenters. The van der Waals surface area contributed by atoms with Crippen molar-refractivity contribution in [2.24, 2.45) is 11.8 Å². The summed E-state index contributed by atoms with van der Waals surface area (Å²) in [5.74, 6) is -0.107. The van der Waals surface area contributed by atoms with Gasteiger partial charge in [-0.2, -0.15) is 0 Å². The molecule has 1 aromatic carbocycles. The number of hydrogen-bond acceptors (Lipinski definition) is 3. The molecule has 2 aliphatic rings. The number of hydrogen-bond donors (Lipinski definition) is 1. The van der Waals surface area contributed by atoms with Gasteiger partial charge in [0.1, 0.15) is 0 Å². The van der Waals surface area contributed by atoms with Crippen molar-refractivity contribution in [3.8, 4) is 0 Å². The minimum absolute atomic E-state index is 0.00512. The summed E-state index contributed by atoms with van der Waals surface area (Å²) in [4.78, 5) is 41.4. The molecule has 0 spiro atoms. The summed E-state index contributed by atoms with van der Waals surface area (Å²) in [5.41, 5.74) is 2.10. The second-order valence-corrected chi connectivity index (χ2v) is 8.52. The molecule has 2 fully saturated rings. The van der Waals surface area contributed by atoms with Crippen LogP contribution in [0.1, 0.15) is 57.9 Å². The minimum Gasteiger partial charge on any atom is -0.356 e. The largest absolute Gasteiger partial charge is 0.356 e. The fraction of sp³-hybridized carbons (Fsp3) is 0.625. The number of aryl methyl sites for hydroxylation is 1. The Bertz CT molecular complexity index is 739. The Morgan fingerprint density at radius 3 is 2.37 bits per heavy atom. The van der Waals surface area contributed by atoms with E-state index in [-0.39, 0.29) is 36.0 Å². The summed E-state index contributed by atoms with van der Waals surface area (Å²) in [6.07, 6.45) is 5.93. The lowest BCUT2D eigenvalue weighted by Gasteiger charge is -2.33. The molecule has 2 heterocycles. The second kappa shape index (κ2) is 10.6. The molecule has 0 bridgehead atoms. The number of piperidine rings is 1. The molecule has 0 aliphatic carbocycles. The SMILES string of the molecule is CCCCCNC(=O)C1CCN(C(=O)C2CC(=O)N(c3ccc(CC)cc3)C2)CC1. The maximum atomic E-state index is 13.0. The van der Waals surface area contributed by atoms with Gasteiger partial charge in [0.15, 0.2) is 0 Å². The number of nitrogens with zero attached hydrogens (tertiary/aromatic N) is 2. The first-order valence-corrected chi connectivity index (χ1v) is 11.5. The average Bonchev–Trinajstić information content (AvgIpc) is 3.17. The molecule has 1 N–H and O–H groups in total. The Balaban J connectivity index is 1.48. The minimum atomic E-state index is -0.289. The van der Waals surface area contributed by atoms with E-state index < -0.39 is 0 Å². The first-order valence-electron chi connectivity index (χ1n) is 11.5. The van der Waals surface area contributed by atoms with E-state index in [9.17, 15) is 14.4 Å². The average molecular weight is 414 g/mol. The zero-order valence-corrected chi connectivity index (χ0v) is 18.4. The highest BCUT2D eigenvalue weighted by atomic mass is 16.2. The predicted molar refractivity (Wildman–Crippen MR) is 118 cm³/mol. The van der Waals surface area contributed by atoms with Gasteiger partial charge >= 0.3 is 0 Å².